The summed E-state index contributed by atoms with van der Waals surface area (Å²) in [5.41, 5.74) is 1.95. The normalized spacial score (nSPS) is 12.3. The Hall–Kier alpha value is -2.67. The maximum atomic E-state index is 5.70. The summed E-state index contributed by atoms with van der Waals surface area (Å²) in [6, 6.07) is 5.72. The largest absolute Gasteiger partial charge is 0.464 e. The standard InChI is InChI=1S/C17H21N5O2/c1-11-7-12(2)22(21-11)17-9-18-8-16(20-17)19-14(10-23-4)15-6-5-13(3)24-15/h5-9,14H,10H2,1-4H3,(H,19,20). The Morgan fingerprint density at radius 1 is 1.25 bits per heavy atom. The number of nitrogens with zero attached hydrogens (tertiary/aromatic N) is 4. The highest BCUT2D eigenvalue weighted by molar-refractivity contribution is 5.39. The van der Waals surface area contributed by atoms with Gasteiger partial charge in [0.25, 0.3) is 0 Å². The van der Waals surface area contributed by atoms with Crippen LogP contribution in [0.3, 0.4) is 0 Å². The van der Waals surface area contributed by atoms with Crippen LogP contribution in [0.2, 0.25) is 0 Å². The lowest BCUT2D eigenvalue weighted by Crippen LogP contribution is -2.17. The first kappa shape index (κ1) is 16.2. The molecule has 126 valence electrons. The molecule has 3 rings (SSSR count). The molecule has 0 saturated heterocycles. The van der Waals surface area contributed by atoms with Crippen molar-refractivity contribution >= 4 is 5.82 Å². The molecule has 7 heteroatoms. The number of hydrogen-bond donors (Lipinski definition) is 1. The van der Waals surface area contributed by atoms with Gasteiger partial charge < -0.3 is 14.5 Å². The summed E-state index contributed by atoms with van der Waals surface area (Å²) >= 11 is 0. The molecule has 7 nitrogen and oxygen atoms in total. The maximum absolute atomic E-state index is 5.70. The van der Waals surface area contributed by atoms with Gasteiger partial charge in [0.2, 0.25) is 0 Å². The van der Waals surface area contributed by atoms with Crippen LogP contribution in [-0.4, -0.2) is 33.5 Å². The number of methoxy groups -OCH3 is 1. The van der Waals surface area contributed by atoms with Crippen molar-refractivity contribution in [3.05, 3.63) is 53.5 Å². The number of ether oxygens (including phenoxy) is 1. The molecule has 24 heavy (non-hydrogen) atoms. The van der Waals surface area contributed by atoms with E-state index in [1.807, 2.05) is 39.0 Å². The van der Waals surface area contributed by atoms with Gasteiger partial charge in [-0.2, -0.15) is 5.10 Å². The van der Waals surface area contributed by atoms with Crippen LogP contribution in [0.1, 0.15) is 29.0 Å². The predicted molar refractivity (Wildman–Crippen MR) is 90.3 cm³/mol. The van der Waals surface area contributed by atoms with Crippen LogP contribution in [0.15, 0.2) is 35.0 Å². The summed E-state index contributed by atoms with van der Waals surface area (Å²) in [4.78, 5) is 8.87. The second-order valence-corrected chi connectivity index (χ2v) is 5.70. The fourth-order valence-electron chi connectivity index (χ4n) is 2.57. The minimum absolute atomic E-state index is 0.145. The fourth-order valence-corrected chi connectivity index (χ4v) is 2.57. The zero-order valence-electron chi connectivity index (χ0n) is 14.3. The van der Waals surface area contributed by atoms with E-state index in [4.69, 9.17) is 9.15 Å². The van der Waals surface area contributed by atoms with Gasteiger partial charge in [0.1, 0.15) is 23.4 Å². The molecule has 0 aliphatic heterocycles. The average molecular weight is 327 g/mol. The van der Waals surface area contributed by atoms with E-state index in [2.05, 4.69) is 20.4 Å². The van der Waals surface area contributed by atoms with Gasteiger partial charge in [0.15, 0.2) is 5.82 Å². The summed E-state index contributed by atoms with van der Waals surface area (Å²) in [6.07, 6.45) is 3.36. The van der Waals surface area contributed by atoms with Gasteiger partial charge in [0, 0.05) is 12.8 Å². The van der Waals surface area contributed by atoms with Gasteiger partial charge in [0.05, 0.1) is 24.7 Å². The molecule has 0 radical (unpaired) electrons. The van der Waals surface area contributed by atoms with Crippen molar-refractivity contribution in [2.75, 3.05) is 19.0 Å². The number of hydrogen-bond acceptors (Lipinski definition) is 6. The minimum atomic E-state index is -0.145. The number of anilines is 1. The summed E-state index contributed by atoms with van der Waals surface area (Å²) < 4.78 is 12.8. The fraction of sp³-hybridized carbons (Fsp3) is 0.353. The molecule has 0 bridgehead atoms. The molecule has 1 atom stereocenters. The second-order valence-electron chi connectivity index (χ2n) is 5.70. The second kappa shape index (κ2) is 6.84. The van der Waals surface area contributed by atoms with Crippen LogP contribution in [0.4, 0.5) is 5.82 Å². The molecular formula is C17H21N5O2. The minimum Gasteiger partial charge on any atom is -0.464 e. The third-order valence-corrected chi connectivity index (χ3v) is 3.61. The summed E-state index contributed by atoms with van der Waals surface area (Å²) in [5, 5.41) is 7.75. The van der Waals surface area contributed by atoms with Crippen molar-refractivity contribution in [2.45, 2.75) is 26.8 Å². The van der Waals surface area contributed by atoms with Crippen molar-refractivity contribution in [1.82, 2.24) is 19.7 Å². The Labute approximate surface area is 140 Å². The van der Waals surface area contributed by atoms with Crippen LogP contribution in [0.25, 0.3) is 5.82 Å². The Kier molecular flexibility index (Phi) is 4.61. The summed E-state index contributed by atoms with van der Waals surface area (Å²) in [5.74, 6) is 2.96. The highest BCUT2D eigenvalue weighted by atomic mass is 16.5. The van der Waals surface area contributed by atoms with Gasteiger partial charge in [-0.25, -0.2) is 9.67 Å². The Bertz CT molecular complexity index is 824. The van der Waals surface area contributed by atoms with Crippen LogP contribution in [0, 0.1) is 20.8 Å². The van der Waals surface area contributed by atoms with Gasteiger partial charge in [-0.05, 0) is 39.0 Å². The molecule has 1 N–H and O–H groups in total. The van der Waals surface area contributed by atoms with E-state index in [9.17, 15) is 0 Å². The monoisotopic (exact) mass is 327 g/mol. The van der Waals surface area contributed by atoms with Crippen molar-refractivity contribution in [1.29, 1.82) is 0 Å². The molecule has 3 aromatic heterocycles. The third-order valence-electron chi connectivity index (χ3n) is 3.61. The number of aryl methyl sites for hydroxylation is 3. The van der Waals surface area contributed by atoms with Crippen LogP contribution in [0.5, 0.6) is 0 Å². The third kappa shape index (κ3) is 3.46. The molecule has 0 amide bonds. The zero-order valence-corrected chi connectivity index (χ0v) is 14.3. The van der Waals surface area contributed by atoms with Crippen molar-refractivity contribution in [3.63, 3.8) is 0 Å². The first-order chi connectivity index (χ1) is 11.6. The molecule has 3 aromatic rings. The number of rotatable bonds is 6. The summed E-state index contributed by atoms with van der Waals surface area (Å²) in [6.45, 7) is 6.31. The van der Waals surface area contributed by atoms with E-state index in [0.29, 0.717) is 18.2 Å². The topological polar surface area (TPSA) is 78.0 Å². The number of nitrogens with one attached hydrogen (secondary N) is 1. The van der Waals surface area contributed by atoms with Crippen molar-refractivity contribution < 1.29 is 9.15 Å². The Morgan fingerprint density at radius 3 is 2.71 bits per heavy atom. The Morgan fingerprint density at radius 2 is 2.08 bits per heavy atom. The molecule has 3 heterocycles. The molecule has 0 saturated carbocycles. The first-order valence-electron chi connectivity index (χ1n) is 7.74. The predicted octanol–water partition coefficient (Wildman–Crippen LogP) is 2.98. The van der Waals surface area contributed by atoms with Crippen LogP contribution < -0.4 is 5.32 Å². The van der Waals surface area contributed by atoms with E-state index < -0.39 is 0 Å². The lowest BCUT2D eigenvalue weighted by molar-refractivity contribution is 0.178. The number of aromatic nitrogens is 4. The zero-order chi connectivity index (χ0) is 17.1. The van der Waals surface area contributed by atoms with E-state index in [1.165, 1.54) is 0 Å². The molecule has 0 fully saturated rings. The number of furan rings is 1. The van der Waals surface area contributed by atoms with Crippen LogP contribution in [-0.2, 0) is 4.74 Å². The van der Waals surface area contributed by atoms with Crippen LogP contribution >= 0.6 is 0 Å². The Balaban J connectivity index is 1.86. The van der Waals surface area contributed by atoms with Gasteiger partial charge in [-0.15, -0.1) is 0 Å². The quantitative estimate of drug-likeness (QED) is 0.750. The lowest BCUT2D eigenvalue weighted by atomic mass is 10.2. The molecular weight excluding hydrogens is 306 g/mol. The van der Waals surface area contributed by atoms with E-state index in [0.717, 1.165) is 22.9 Å². The highest BCUT2D eigenvalue weighted by Crippen LogP contribution is 2.21. The summed E-state index contributed by atoms with van der Waals surface area (Å²) in [7, 11) is 1.66. The molecule has 0 aliphatic carbocycles. The maximum Gasteiger partial charge on any atom is 0.174 e. The smallest absolute Gasteiger partial charge is 0.174 e. The molecule has 1 unspecified atom stereocenters. The van der Waals surface area contributed by atoms with Gasteiger partial charge >= 0.3 is 0 Å². The van der Waals surface area contributed by atoms with E-state index in [1.54, 1.807) is 24.2 Å². The van der Waals surface area contributed by atoms with Gasteiger partial charge in [-0.1, -0.05) is 0 Å². The average Bonchev–Trinajstić information content (AvgIpc) is 3.12. The molecule has 0 aromatic carbocycles. The molecule has 0 spiro atoms. The SMILES string of the molecule is COCC(Nc1cncc(-n2nc(C)cc2C)n1)c1ccc(C)o1. The molecule has 0 aliphatic rings. The van der Waals surface area contributed by atoms with Gasteiger partial charge in [-0.3, -0.25) is 4.98 Å². The lowest BCUT2D eigenvalue weighted by Gasteiger charge is -2.16. The van der Waals surface area contributed by atoms with E-state index in [-0.39, 0.29) is 6.04 Å². The van der Waals surface area contributed by atoms with E-state index >= 15 is 0 Å². The van der Waals surface area contributed by atoms with Crippen molar-refractivity contribution in [3.8, 4) is 5.82 Å². The highest BCUT2D eigenvalue weighted by Gasteiger charge is 2.16. The first-order valence-corrected chi connectivity index (χ1v) is 7.74. The van der Waals surface area contributed by atoms with Crippen molar-refractivity contribution in [2.24, 2.45) is 0 Å².